The summed E-state index contributed by atoms with van der Waals surface area (Å²) >= 11 is 8.99. The molecule has 2 aliphatic carbocycles. The Morgan fingerprint density at radius 2 is 0.742 bits per heavy atom. The maximum Gasteiger partial charge on any atom is 0.119 e. The molecule has 0 spiro atoms. The van der Waals surface area contributed by atoms with Crippen LogP contribution in [0.5, 0.6) is 23.0 Å². The van der Waals surface area contributed by atoms with Crippen LogP contribution in [-0.4, -0.2) is 35.2 Å². The van der Waals surface area contributed by atoms with Crippen molar-refractivity contribution in [1.29, 1.82) is 0 Å². The first kappa shape index (κ1) is 65.3. The van der Waals surface area contributed by atoms with E-state index < -0.39 is 10.8 Å². The molecule has 6 nitrogen and oxygen atoms in total. The fraction of sp³-hybridized carbons (Fsp3) is 0.415. The molecule has 0 unspecified atom stereocenters. The molecule has 0 saturated heterocycles. The van der Waals surface area contributed by atoms with Gasteiger partial charge in [0.15, 0.2) is 0 Å². The van der Waals surface area contributed by atoms with E-state index in [-0.39, 0.29) is 0 Å². The van der Waals surface area contributed by atoms with Crippen LogP contribution in [0.1, 0.15) is 226 Å². The van der Waals surface area contributed by atoms with E-state index in [1.54, 1.807) is 0 Å². The molecule has 484 valence electrons. The van der Waals surface area contributed by atoms with E-state index in [0.717, 1.165) is 78.5 Å². The van der Waals surface area contributed by atoms with Crippen LogP contribution in [0.4, 0.5) is 0 Å². The van der Waals surface area contributed by atoms with Crippen LogP contribution >= 0.6 is 57.1 Å². The van der Waals surface area contributed by atoms with Crippen LogP contribution < -0.4 is 18.9 Å². The molecule has 6 aromatic carbocycles. The number of nitrogens with zero attached hydrogens (tertiary/aromatic N) is 2. The molecule has 0 amide bonds. The minimum Gasteiger partial charge on any atom is -0.494 e. The lowest BCUT2D eigenvalue weighted by Crippen LogP contribution is -2.30. The van der Waals surface area contributed by atoms with Crippen LogP contribution in [0.25, 0.3) is 61.2 Å². The minimum atomic E-state index is -0.728. The quantitative estimate of drug-likeness (QED) is 0.0362. The van der Waals surface area contributed by atoms with Crippen molar-refractivity contribution in [2.45, 2.75) is 193 Å². The van der Waals surface area contributed by atoms with Crippen LogP contribution in [0, 0.1) is 0 Å². The molecule has 11 heteroatoms. The maximum atomic E-state index is 6.62. The second-order valence-electron chi connectivity index (χ2n) is 26.0. The van der Waals surface area contributed by atoms with Gasteiger partial charge in [0.1, 0.15) is 34.0 Å². The normalized spacial score (nSPS) is 13.5. The molecular formula is C82H92N2O4S5. The maximum absolute atomic E-state index is 6.62. The van der Waals surface area contributed by atoms with E-state index in [2.05, 4.69) is 173 Å². The highest BCUT2D eigenvalue weighted by molar-refractivity contribution is 7.31. The van der Waals surface area contributed by atoms with Gasteiger partial charge in [-0.1, -0.05) is 217 Å². The minimum absolute atomic E-state index is 0.671. The second-order valence-corrected chi connectivity index (χ2v) is 30.6. The third kappa shape index (κ3) is 13.4. The Labute approximate surface area is 573 Å². The fourth-order valence-electron chi connectivity index (χ4n) is 14.8. The van der Waals surface area contributed by atoms with Crippen LogP contribution in [0.2, 0.25) is 0 Å². The molecule has 0 bridgehead atoms. The number of aromatic nitrogens is 2. The van der Waals surface area contributed by atoms with Gasteiger partial charge in [-0.15, -0.1) is 45.3 Å². The summed E-state index contributed by atoms with van der Waals surface area (Å²) in [6, 6.07) is 53.6. The molecule has 11 aromatic rings. The molecule has 93 heavy (non-hydrogen) atoms. The summed E-state index contributed by atoms with van der Waals surface area (Å²) in [5.41, 5.74) is 14.5. The topological polar surface area (TPSA) is 62.7 Å². The Hall–Kier alpha value is -6.34. The van der Waals surface area contributed by atoms with Crippen molar-refractivity contribution in [2.75, 3.05) is 26.4 Å². The molecule has 13 rings (SSSR count). The summed E-state index contributed by atoms with van der Waals surface area (Å²) in [7, 11) is 0. The molecule has 0 atom stereocenters. The first-order chi connectivity index (χ1) is 46.0. The Kier molecular flexibility index (Phi) is 21.8. The van der Waals surface area contributed by atoms with Crippen LogP contribution in [0.15, 0.2) is 145 Å². The van der Waals surface area contributed by atoms with Crippen molar-refractivity contribution in [2.24, 2.45) is 0 Å². The standard InChI is InChI=1S/C82H92N2O4S5/c1-5-9-13-17-21-25-49-85-61-40-32-57(33-41-61)81(58-34-42-62(43-35-58)86-50-26-22-18-14-10-6-2)68-55-67-69(54-66(68)77-74(81)79-71(90-77)48-53-89-79)82(59-36-44-63(45-37-59)87-51-27-23-19-15-11-7-3,60-38-46-64(47-39-60)88-52-28-24-20-16-12-8-4)75-78(67)92-73-56-72(91-80(73)75)65-30-29-31-70-76(65)84-93-83-70/h29-48,53-56H,5-28,49-52H2,1-4H3. The zero-order valence-electron chi connectivity index (χ0n) is 55.2. The van der Waals surface area contributed by atoms with Crippen molar-refractivity contribution < 1.29 is 18.9 Å². The number of ether oxygens (including phenoxy) is 4. The molecule has 0 radical (unpaired) electrons. The summed E-state index contributed by atoms with van der Waals surface area (Å²) < 4.78 is 41.3. The average molecular weight is 1330 g/mol. The summed E-state index contributed by atoms with van der Waals surface area (Å²) in [5.74, 6) is 3.68. The Bertz CT molecular complexity index is 4060. The van der Waals surface area contributed by atoms with Gasteiger partial charge in [-0.2, -0.15) is 8.75 Å². The number of thiophene rings is 4. The second kappa shape index (κ2) is 31.0. The number of fused-ring (bicyclic) bond motifs is 11. The van der Waals surface area contributed by atoms with Gasteiger partial charge in [-0.25, -0.2) is 0 Å². The van der Waals surface area contributed by atoms with Gasteiger partial charge in [0.2, 0.25) is 0 Å². The highest BCUT2D eigenvalue weighted by Crippen LogP contribution is 2.68. The lowest BCUT2D eigenvalue weighted by Gasteiger charge is -2.35. The zero-order chi connectivity index (χ0) is 63.4. The predicted octanol–water partition coefficient (Wildman–Crippen LogP) is 25.6. The van der Waals surface area contributed by atoms with E-state index in [1.807, 2.05) is 45.3 Å². The van der Waals surface area contributed by atoms with Gasteiger partial charge in [-0.05, 0) is 154 Å². The number of rotatable bonds is 37. The van der Waals surface area contributed by atoms with Crippen LogP contribution in [0.3, 0.4) is 0 Å². The summed E-state index contributed by atoms with van der Waals surface area (Å²) in [6.45, 7) is 12.0. The van der Waals surface area contributed by atoms with Gasteiger partial charge >= 0.3 is 0 Å². The average Bonchev–Trinajstić information content (AvgIpc) is 1.50. The van der Waals surface area contributed by atoms with E-state index >= 15 is 0 Å². The zero-order valence-corrected chi connectivity index (χ0v) is 59.3. The highest BCUT2D eigenvalue weighted by Gasteiger charge is 2.54. The first-order valence-electron chi connectivity index (χ1n) is 35.4. The summed E-state index contributed by atoms with van der Waals surface area (Å²) in [4.78, 5) is 3.88. The van der Waals surface area contributed by atoms with Gasteiger partial charge in [0.25, 0.3) is 0 Å². The summed E-state index contributed by atoms with van der Waals surface area (Å²) in [5, 5.41) is 2.30. The molecule has 2 aliphatic rings. The van der Waals surface area contributed by atoms with Gasteiger partial charge in [0, 0.05) is 40.7 Å². The number of hydrogen-bond donors (Lipinski definition) is 0. The molecule has 0 saturated carbocycles. The third-order valence-corrected chi connectivity index (χ3v) is 24.9. The van der Waals surface area contributed by atoms with E-state index in [4.69, 9.17) is 27.7 Å². The smallest absolute Gasteiger partial charge is 0.119 e. The van der Waals surface area contributed by atoms with E-state index in [0.29, 0.717) is 13.2 Å². The highest BCUT2D eigenvalue weighted by atomic mass is 32.1. The number of hydrogen-bond acceptors (Lipinski definition) is 11. The Balaban J connectivity index is 0.987. The number of unbranched alkanes of at least 4 members (excludes halogenated alkanes) is 20. The first-order valence-corrected chi connectivity index (χ1v) is 39.5. The number of benzene rings is 6. The molecule has 0 aliphatic heterocycles. The van der Waals surface area contributed by atoms with Crippen molar-refractivity contribution >= 4 is 86.9 Å². The molecular weight excluding hydrogens is 1240 g/mol. The lowest BCUT2D eigenvalue weighted by molar-refractivity contribution is 0.304. The predicted molar refractivity (Wildman–Crippen MR) is 399 cm³/mol. The Morgan fingerprint density at radius 1 is 0.355 bits per heavy atom. The van der Waals surface area contributed by atoms with Crippen molar-refractivity contribution in [1.82, 2.24) is 8.75 Å². The van der Waals surface area contributed by atoms with Crippen molar-refractivity contribution in [3.8, 4) is 54.3 Å². The molecule has 5 heterocycles. The lowest BCUT2D eigenvalue weighted by atomic mass is 9.66. The summed E-state index contributed by atoms with van der Waals surface area (Å²) in [6.07, 6.45) is 29.5. The van der Waals surface area contributed by atoms with Gasteiger partial charge < -0.3 is 18.9 Å². The molecule has 0 fully saturated rings. The Morgan fingerprint density at radius 3 is 1.16 bits per heavy atom. The third-order valence-electron chi connectivity index (χ3n) is 19.6. The van der Waals surface area contributed by atoms with Crippen LogP contribution in [-0.2, 0) is 10.8 Å². The van der Waals surface area contributed by atoms with E-state index in [1.165, 1.54) is 229 Å². The largest absolute Gasteiger partial charge is 0.494 e. The van der Waals surface area contributed by atoms with Crippen molar-refractivity contribution in [3.63, 3.8) is 0 Å². The fourth-order valence-corrected chi connectivity index (χ4v) is 20.7. The molecule has 5 aromatic heterocycles. The van der Waals surface area contributed by atoms with Gasteiger partial charge in [-0.3, -0.25) is 0 Å². The van der Waals surface area contributed by atoms with Gasteiger partial charge in [0.05, 0.1) is 58.4 Å². The molecule has 0 N–H and O–H groups in total. The monoisotopic (exact) mass is 1330 g/mol. The van der Waals surface area contributed by atoms with Crippen molar-refractivity contribution in [3.05, 3.63) is 189 Å². The van der Waals surface area contributed by atoms with E-state index in [9.17, 15) is 0 Å². The SMILES string of the molecule is CCCCCCCCOc1ccc(C2(c3ccc(OCCCCCCCC)cc3)c3cc4c(cc3-c3sc5ccsc5c32)C(c2ccc(OCCCCCCCC)cc2)(c2ccc(OCCCCCCCC)cc2)c2c-4sc3cc(-c4cccc5nsnc45)sc23)cc1.